The Morgan fingerprint density at radius 3 is 2.38 bits per heavy atom. The number of amides is 1. The number of benzene rings is 1. The Labute approximate surface area is 125 Å². The molecule has 0 spiro atoms. The Kier molecular flexibility index (Phi) is 5.78. The molecule has 1 aliphatic carbocycles. The smallest absolute Gasteiger partial charge is 0.323 e. The molecule has 0 radical (unpaired) electrons. The van der Waals surface area contributed by atoms with E-state index >= 15 is 0 Å². The normalized spacial score (nSPS) is 15.6. The quantitative estimate of drug-likeness (QED) is 0.875. The number of carbonyl (C=O) groups excluding carboxylic acids is 1. The largest absolute Gasteiger partial charge is 0.480 e. The summed E-state index contributed by atoms with van der Waals surface area (Å²) >= 11 is 0. The van der Waals surface area contributed by atoms with Crippen LogP contribution in [0.2, 0.25) is 0 Å². The highest BCUT2D eigenvalue weighted by molar-refractivity contribution is 5.81. The maximum atomic E-state index is 12.4. The molecule has 4 heteroatoms. The van der Waals surface area contributed by atoms with Gasteiger partial charge in [-0.05, 0) is 24.3 Å². The van der Waals surface area contributed by atoms with Gasteiger partial charge in [-0.1, -0.05) is 49.6 Å². The first-order valence-corrected chi connectivity index (χ1v) is 7.68. The fourth-order valence-electron chi connectivity index (χ4n) is 2.97. The van der Waals surface area contributed by atoms with Gasteiger partial charge < -0.3 is 10.0 Å². The third kappa shape index (κ3) is 5.21. The Morgan fingerprint density at radius 2 is 1.76 bits per heavy atom. The van der Waals surface area contributed by atoms with Crippen molar-refractivity contribution >= 4 is 11.9 Å². The Hall–Kier alpha value is -1.84. The fraction of sp³-hybridized carbons (Fsp3) is 0.529. The van der Waals surface area contributed by atoms with Gasteiger partial charge in [0.15, 0.2) is 0 Å². The molecule has 0 heterocycles. The van der Waals surface area contributed by atoms with Crippen molar-refractivity contribution in [3.8, 4) is 0 Å². The van der Waals surface area contributed by atoms with Gasteiger partial charge in [-0.15, -0.1) is 0 Å². The first kappa shape index (κ1) is 15.5. The Balaban J connectivity index is 1.97. The van der Waals surface area contributed by atoms with E-state index in [-0.39, 0.29) is 12.5 Å². The SMILES string of the molecule is O=C(O)CN(Cc1ccccc1)C(=O)CC1CCCCC1. The molecule has 0 unspecified atom stereocenters. The molecule has 21 heavy (non-hydrogen) atoms. The van der Waals surface area contributed by atoms with E-state index in [9.17, 15) is 9.59 Å². The topological polar surface area (TPSA) is 57.6 Å². The molecular formula is C17H23NO3. The maximum absolute atomic E-state index is 12.4. The summed E-state index contributed by atoms with van der Waals surface area (Å²) in [6.45, 7) is 0.152. The molecule has 2 rings (SSSR count). The van der Waals surface area contributed by atoms with Crippen LogP contribution in [0.5, 0.6) is 0 Å². The van der Waals surface area contributed by atoms with Crippen molar-refractivity contribution in [1.82, 2.24) is 4.90 Å². The molecule has 0 aromatic heterocycles. The van der Waals surface area contributed by atoms with E-state index in [0.717, 1.165) is 18.4 Å². The Morgan fingerprint density at radius 1 is 1.10 bits per heavy atom. The summed E-state index contributed by atoms with van der Waals surface area (Å²) in [4.78, 5) is 24.9. The van der Waals surface area contributed by atoms with Gasteiger partial charge in [-0.2, -0.15) is 0 Å². The van der Waals surface area contributed by atoms with Crippen molar-refractivity contribution in [3.05, 3.63) is 35.9 Å². The number of rotatable bonds is 6. The number of carboxylic acid groups (broad SMARTS) is 1. The average Bonchev–Trinajstić information content (AvgIpc) is 2.48. The number of aliphatic carboxylic acids is 1. The molecule has 1 N–H and O–H groups in total. The van der Waals surface area contributed by atoms with Crippen molar-refractivity contribution in [2.24, 2.45) is 5.92 Å². The van der Waals surface area contributed by atoms with Gasteiger partial charge in [0.25, 0.3) is 0 Å². The lowest BCUT2D eigenvalue weighted by atomic mass is 9.86. The second-order valence-electron chi connectivity index (χ2n) is 5.84. The highest BCUT2D eigenvalue weighted by Crippen LogP contribution is 2.27. The summed E-state index contributed by atoms with van der Waals surface area (Å²) in [5.74, 6) is -0.561. The summed E-state index contributed by atoms with van der Waals surface area (Å²) in [6.07, 6.45) is 6.31. The molecule has 1 amide bonds. The van der Waals surface area contributed by atoms with Crippen LogP contribution < -0.4 is 0 Å². The molecule has 1 aromatic carbocycles. The van der Waals surface area contributed by atoms with Gasteiger partial charge >= 0.3 is 5.97 Å². The molecule has 4 nitrogen and oxygen atoms in total. The van der Waals surface area contributed by atoms with Crippen LogP contribution in [-0.2, 0) is 16.1 Å². The van der Waals surface area contributed by atoms with E-state index in [4.69, 9.17) is 5.11 Å². The molecule has 1 aliphatic rings. The van der Waals surface area contributed by atoms with Gasteiger partial charge in [-0.3, -0.25) is 9.59 Å². The summed E-state index contributed by atoms with van der Waals surface area (Å²) in [7, 11) is 0. The highest BCUT2D eigenvalue weighted by Gasteiger charge is 2.22. The lowest BCUT2D eigenvalue weighted by molar-refractivity contribution is -0.145. The highest BCUT2D eigenvalue weighted by atomic mass is 16.4. The number of nitrogens with zero attached hydrogens (tertiary/aromatic N) is 1. The van der Waals surface area contributed by atoms with Gasteiger partial charge in [0.2, 0.25) is 5.91 Å². The van der Waals surface area contributed by atoms with Crippen LogP contribution in [-0.4, -0.2) is 28.4 Å². The van der Waals surface area contributed by atoms with Crippen LogP contribution in [0, 0.1) is 5.92 Å². The molecule has 1 saturated carbocycles. The van der Waals surface area contributed by atoms with Crippen LogP contribution in [0.1, 0.15) is 44.1 Å². The monoisotopic (exact) mass is 289 g/mol. The summed E-state index contributed by atoms with van der Waals surface area (Å²) in [6, 6.07) is 9.56. The van der Waals surface area contributed by atoms with E-state index < -0.39 is 5.97 Å². The van der Waals surface area contributed by atoms with Crippen molar-refractivity contribution in [2.45, 2.75) is 45.1 Å². The van der Waals surface area contributed by atoms with Crippen LogP contribution >= 0.6 is 0 Å². The molecule has 0 aliphatic heterocycles. The minimum atomic E-state index is -0.956. The van der Waals surface area contributed by atoms with Crippen molar-refractivity contribution in [3.63, 3.8) is 0 Å². The Bertz CT molecular complexity index is 466. The number of carbonyl (C=O) groups is 2. The third-order valence-electron chi connectivity index (χ3n) is 4.08. The van der Waals surface area contributed by atoms with Crippen molar-refractivity contribution in [2.75, 3.05) is 6.54 Å². The predicted molar refractivity (Wildman–Crippen MR) is 80.7 cm³/mol. The minimum Gasteiger partial charge on any atom is -0.480 e. The average molecular weight is 289 g/mol. The van der Waals surface area contributed by atoms with Crippen LogP contribution in [0.15, 0.2) is 30.3 Å². The van der Waals surface area contributed by atoms with Crippen LogP contribution in [0.25, 0.3) is 0 Å². The molecule has 0 bridgehead atoms. The predicted octanol–water partition coefficient (Wildman–Crippen LogP) is 3.07. The number of hydrogen-bond donors (Lipinski definition) is 1. The minimum absolute atomic E-state index is 0.0341. The summed E-state index contributed by atoms with van der Waals surface area (Å²) < 4.78 is 0. The molecule has 114 valence electrons. The van der Waals surface area contributed by atoms with E-state index in [1.807, 2.05) is 30.3 Å². The van der Waals surface area contributed by atoms with Crippen LogP contribution in [0.4, 0.5) is 0 Å². The zero-order chi connectivity index (χ0) is 15.1. The molecule has 0 atom stereocenters. The second-order valence-corrected chi connectivity index (χ2v) is 5.84. The van der Waals surface area contributed by atoms with Crippen molar-refractivity contribution in [1.29, 1.82) is 0 Å². The first-order valence-electron chi connectivity index (χ1n) is 7.68. The summed E-state index contributed by atoms with van der Waals surface area (Å²) in [5, 5.41) is 9.02. The van der Waals surface area contributed by atoms with Crippen LogP contribution in [0.3, 0.4) is 0 Å². The second kappa shape index (κ2) is 7.81. The molecule has 0 saturated heterocycles. The first-order chi connectivity index (χ1) is 10.1. The standard InChI is InChI=1S/C17H23NO3/c19-16(11-14-7-3-1-4-8-14)18(13-17(20)21)12-15-9-5-2-6-10-15/h2,5-6,9-10,14H,1,3-4,7-8,11-13H2,(H,20,21). The maximum Gasteiger partial charge on any atom is 0.323 e. The van der Waals surface area contributed by atoms with E-state index in [1.54, 1.807) is 0 Å². The lowest BCUT2D eigenvalue weighted by Gasteiger charge is -2.26. The van der Waals surface area contributed by atoms with Gasteiger partial charge in [0, 0.05) is 13.0 Å². The summed E-state index contributed by atoms with van der Waals surface area (Å²) in [5.41, 5.74) is 0.968. The number of hydrogen-bond acceptors (Lipinski definition) is 2. The molecule has 1 aromatic rings. The third-order valence-corrected chi connectivity index (χ3v) is 4.08. The molecule has 1 fully saturated rings. The van der Waals surface area contributed by atoms with Gasteiger partial charge in [0.05, 0.1) is 0 Å². The van der Waals surface area contributed by atoms with E-state index in [0.29, 0.717) is 18.9 Å². The molecular weight excluding hydrogens is 266 g/mol. The van der Waals surface area contributed by atoms with Gasteiger partial charge in [-0.25, -0.2) is 0 Å². The zero-order valence-electron chi connectivity index (χ0n) is 12.3. The zero-order valence-corrected chi connectivity index (χ0v) is 12.3. The fourth-order valence-corrected chi connectivity index (χ4v) is 2.97. The van der Waals surface area contributed by atoms with Crippen molar-refractivity contribution < 1.29 is 14.7 Å². The van der Waals surface area contributed by atoms with E-state index in [2.05, 4.69) is 0 Å². The lowest BCUT2D eigenvalue weighted by Crippen LogP contribution is -2.36. The van der Waals surface area contributed by atoms with Gasteiger partial charge in [0.1, 0.15) is 6.54 Å². The number of carboxylic acids is 1. The van der Waals surface area contributed by atoms with E-state index in [1.165, 1.54) is 24.2 Å².